The van der Waals surface area contributed by atoms with Crippen LogP contribution in [0.25, 0.3) is 130 Å². The number of hydrogen-bond acceptors (Lipinski definition) is 3. The first-order chi connectivity index (χ1) is 31.7. The Bertz CT molecular complexity index is 4100. The summed E-state index contributed by atoms with van der Waals surface area (Å²) < 4.78 is 17.9. The first kappa shape index (κ1) is 35.7. The van der Waals surface area contributed by atoms with Crippen molar-refractivity contribution < 1.29 is 8.83 Å². The topological polar surface area (TPSA) is 31.2 Å². The van der Waals surface area contributed by atoms with Crippen molar-refractivity contribution in [3.8, 4) is 44.5 Å². The summed E-state index contributed by atoms with van der Waals surface area (Å²) in [5, 5.41) is 9.72. The SMILES string of the molecule is C1=CCC(n2c3ccc(-c4ccc5oc6ccc(-c7ccccc7)cc6c5c4)cc3c3c4sc5ccc(-c6ccc7oc8ccc(-c9ccccc9)cc8c7c6)cc5c4ccc32)C=C1. The number of rotatable bonds is 5. The second-order valence-corrected chi connectivity index (χ2v) is 18.2. The number of fused-ring (bicyclic) bond motifs is 13. The van der Waals surface area contributed by atoms with E-state index in [0.717, 1.165) is 50.3 Å². The Morgan fingerprint density at radius 1 is 0.391 bits per heavy atom. The van der Waals surface area contributed by atoms with E-state index >= 15 is 0 Å². The Kier molecular flexibility index (Phi) is 7.68. The molecule has 0 N–H and O–H groups in total. The van der Waals surface area contributed by atoms with E-state index in [4.69, 9.17) is 8.83 Å². The van der Waals surface area contributed by atoms with Crippen LogP contribution in [0.4, 0.5) is 0 Å². The second-order valence-electron chi connectivity index (χ2n) is 17.1. The molecule has 0 bridgehead atoms. The maximum atomic E-state index is 6.38. The second kappa shape index (κ2) is 13.8. The van der Waals surface area contributed by atoms with Gasteiger partial charge in [0.2, 0.25) is 0 Å². The summed E-state index contributed by atoms with van der Waals surface area (Å²) in [6.45, 7) is 0. The number of thiophene rings is 1. The molecule has 4 heterocycles. The largest absolute Gasteiger partial charge is 0.456 e. The van der Waals surface area contributed by atoms with E-state index in [1.807, 2.05) is 11.3 Å². The normalized spacial score (nSPS) is 14.2. The molecule has 13 aromatic rings. The van der Waals surface area contributed by atoms with Gasteiger partial charge in [-0.2, -0.15) is 0 Å². The van der Waals surface area contributed by atoms with Crippen molar-refractivity contribution in [3.63, 3.8) is 0 Å². The highest BCUT2D eigenvalue weighted by atomic mass is 32.1. The van der Waals surface area contributed by atoms with Crippen molar-refractivity contribution in [1.82, 2.24) is 4.57 Å². The number of aromatic nitrogens is 1. The predicted molar refractivity (Wildman–Crippen MR) is 271 cm³/mol. The minimum Gasteiger partial charge on any atom is -0.456 e. The predicted octanol–water partition coefficient (Wildman–Crippen LogP) is 17.7. The van der Waals surface area contributed by atoms with Gasteiger partial charge in [-0.3, -0.25) is 0 Å². The third kappa shape index (κ3) is 5.46. The summed E-state index contributed by atoms with van der Waals surface area (Å²) >= 11 is 1.91. The summed E-state index contributed by atoms with van der Waals surface area (Å²) in [4.78, 5) is 0. The van der Waals surface area contributed by atoms with Crippen LogP contribution >= 0.6 is 11.3 Å². The third-order valence-electron chi connectivity index (χ3n) is 13.5. The van der Waals surface area contributed by atoms with Gasteiger partial charge in [0.25, 0.3) is 0 Å². The van der Waals surface area contributed by atoms with Crippen molar-refractivity contribution in [3.05, 3.63) is 206 Å². The lowest BCUT2D eigenvalue weighted by molar-refractivity contribution is 0.648. The van der Waals surface area contributed by atoms with Crippen LogP contribution < -0.4 is 0 Å². The minimum absolute atomic E-state index is 0.236. The van der Waals surface area contributed by atoms with Gasteiger partial charge in [-0.1, -0.05) is 127 Å². The van der Waals surface area contributed by atoms with Gasteiger partial charge in [-0.15, -0.1) is 11.3 Å². The Morgan fingerprint density at radius 3 is 1.39 bits per heavy atom. The lowest BCUT2D eigenvalue weighted by Crippen LogP contribution is -2.06. The molecule has 1 aliphatic rings. The molecular weight excluding hydrogens is 799 g/mol. The third-order valence-corrected chi connectivity index (χ3v) is 14.7. The number of allylic oxidation sites excluding steroid dienone is 4. The van der Waals surface area contributed by atoms with Gasteiger partial charge in [0, 0.05) is 58.0 Å². The average Bonchev–Trinajstić information content (AvgIpc) is 4.12. The zero-order valence-electron chi connectivity index (χ0n) is 34.6. The fourth-order valence-corrected chi connectivity index (χ4v) is 11.6. The number of benzene rings is 9. The Balaban J connectivity index is 0.926. The van der Waals surface area contributed by atoms with E-state index in [1.165, 1.54) is 86.5 Å². The van der Waals surface area contributed by atoms with Crippen LogP contribution in [0.5, 0.6) is 0 Å². The Hall–Kier alpha value is -7.92. The summed E-state index contributed by atoms with van der Waals surface area (Å²) in [5.41, 5.74) is 15.7. The van der Waals surface area contributed by atoms with Crippen LogP contribution in [-0.4, -0.2) is 4.57 Å². The number of furan rings is 2. The number of hydrogen-bond donors (Lipinski definition) is 0. The summed E-state index contributed by atoms with van der Waals surface area (Å²) in [6.07, 6.45) is 9.95. The van der Waals surface area contributed by atoms with Gasteiger partial charge >= 0.3 is 0 Å². The lowest BCUT2D eigenvalue weighted by atomic mass is 9.98. The smallest absolute Gasteiger partial charge is 0.135 e. The first-order valence-corrected chi connectivity index (χ1v) is 22.8. The molecule has 0 saturated heterocycles. The molecule has 1 unspecified atom stereocenters. The zero-order valence-corrected chi connectivity index (χ0v) is 35.4. The monoisotopic (exact) mass is 835 g/mol. The highest BCUT2D eigenvalue weighted by Gasteiger charge is 2.22. The van der Waals surface area contributed by atoms with Crippen molar-refractivity contribution in [2.45, 2.75) is 12.5 Å². The maximum absolute atomic E-state index is 6.38. The standard InChI is InChI=1S/C60H37NO2S/c1-4-10-36(11-5-1)38-17-25-54-46(30-38)48-32-41(19-27-56(48)62-54)40-16-23-52-51(35-40)59-53(61(52)44-14-8-3-9-15-44)24-22-45-50-34-43(21-29-58(50)64-60(45)59)42-20-28-57-49(33-42)47-31-39(18-26-55(47)63-57)37-12-6-2-7-13-37/h1-14,16-35,44H,15H2. The molecule has 14 rings (SSSR count). The average molecular weight is 836 g/mol. The van der Waals surface area contributed by atoms with Crippen LogP contribution in [-0.2, 0) is 0 Å². The molecule has 0 saturated carbocycles. The van der Waals surface area contributed by atoms with Crippen molar-refractivity contribution in [2.24, 2.45) is 0 Å². The molecule has 0 aliphatic heterocycles. The molecule has 9 aromatic carbocycles. The fraction of sp³-hybridized carbons (Fsp3) is 0.0333. The number of nitrogens with zero attached hydrogens (tertiary/aromatic N) is 1. The van der Waals surface area contributed by atoms with Crippen LogP contribution in [0.2, 0.25) is 0 Å². The van der Waals surface area contributed by atoms with Gasteiger partial charge in [-0.05, 0) is 130 Å². The highest BCUT2D eigenvalue weighted by molar-refractivity contribution is 7.26. The molecule has 0 spiro atoms. The zero-order chi connectivity index (χ0) is 41.9. The van der Waals surface area contributed by atoms with Gasteiger partial charge in [-0.25, -0.2) is 0 Å². The van der Waals surface area contributed by atoms with E-state index in [-0.39, 0.29) is 6.04 Å². The molecule has 64 heavy (non-hydrogen) atoms. The first-order valence-electron chi connectivity index (χ1n) is 22.0. The van der Waals surface area contributed by atoms with Crippen molar-refractivity contribution >= 4 is 97.2 Å². The molecule has 0 fully saturated rings. The molecule has 1 atom stereocenters. The molecule has 1 aliphatic carbocycles. The Morgan fingerprint density at radius 2 is 0.859 bits per heavy atom. The van der Waals surface area contributed by atoms with E-state index in [0.29, 0.717) is 0 Å². The molecule has 0 amide bonds. The van der Waals surface area contributed by atoms with Crippen LogP contribution in [0.3, 0.4) is 0 Å². The van der Waals surface area contributed by atoms with Gasteiger partial charge in [0.05, 0.1) is 11.6 Å². The van der Waals surface area contributed by atoms with Gasteiger partial charge < -0.3 is 13.4 Å². The maximum Gasteiger partial charge on any atom is 0.135 e. The van der Waals surface area contributed by atoms with Crippen LogP contribution in [0, 0.1) is 0 Å². The molecule has 4 heteroatoms. The van der Waals surface area contributed by atoms with Crippen molar-refractivity contribution in [2.75, 3.05) is 0 Å². The summed E-state index contributed by atoms with van der Waals surface area (Å²) in [6, 6.07) is 66.5. The lowest BCUT2D eigenvalue weighted by Gasteiger charge is -2.18. The van der Waals surface area contributed by atoms with Crippen LogP contribution in [0.1, 0.15) is 12.5 Å². The Labute approximate surface area is 372 Å². The quantitative estimate of drug-likeness (QED) is 0.173. The summed E-state index contributed by atoms with van der Waals surface area (Å²) in [7, 11) is 0. The van der Waals surface area contributed by atoms with E-state index < -0.39 is 0 Å². The van der Waals surface area contributed by atoms with Crippen molar-refractivity contribution in [1.29, 1.82) is 0 Å². The van der Waals surface area contributed by atoms with E-state index in [1.54, 1.807) is 0 Å². The van der Waals surface area contributed by atoms with Gasteiger partial charge in [0.15, 0.2) is 0 Å². The molecule has 0 radical (unpaired) electrons. The molecular formula is C60H37NO2S. The van der Waals surface area contributed by atoms with Gasteiger partial charge in [0.1, 0.15) is 22.3 Å². The van der Waals surface area contributed by atoms with Crippen LogP contribution in [0.15, 0.2) is 215 Å². The summed E-state index contributed by atoms with van der Waals surface area (Å²) in [5.74, 6) is 0. The molecule has 300 valence electrons. The minimum atomic E-state index is 0.236. The molecule has 4 aromatic heterocycles. The molecule has 3 nitrogen and oxygen atoms in total. The van der Waals surface area contributed by atoms with E-state index in [9.17, 15) is 0 Å². The fourth-order valence-electron chi connectivity index (χ4n) is 10.4. The highest BCUT2D eigenvalue weighted by Crippen LogP contribution is 2.46. The van der Waals surface area contributed by atoms with E-state index in [2.05, 4.69) is 211 Å².